The molecule has 1 heterocycles. The van der Waals surface area contributed by atoms with Gasteiger partial charge in [0.05, 0.1) is 31.8 Å². The molecule has 1 N–H and O–H groups in total. The summed E-state index contributed by atoms with van der Waals surface area (Å²) in [7, 11) is 0. The van der Waals surface area contributed by atoms with Crippen molar-refractivity contribution in [2.75, 3.05) is 26.2 Å². The number of nitrogens with one attached hydrogen (secondary N) is 1. The van der Waals surface area contributed by atoms with Crippen LogP contribution in [-0.4, -0.2) is 32.5 Å². The molecule has 110 valence electrons. The highest BCUT2D eigenvalue weighted by Gasteiger charge is 2.24. The number of aldehydes is 1. The van der Waals surface area contributed by atoms with Gasteiger partial charge < -0.3 is 9.64 Å². The average Bonchev–Trinajstić information content (AvgIpc) is 2.43. The number of hydrogen-bond acceptors (Lipinski definition) is 2. The molecular formula is C17H26NO2+. The van der Waals surface area contributed by atoms with E-state index in [9.17, 15) is 4.79 Å². The van der Waals surface area contributed by atoms with Crippen molar-refractivity contribution in [3.8, 4) is 5.75 Å². The first-order valence-electron chi connectivity index (χ1n) is 7.69. The molecule has 1 fully saturated rings. The molecule has 1 aliphatic rings. The summed E-state index contributed by atoms with van der Waals surface area (Å²) in [5.41, 5.74) is 0.639. The van der Waals surface area contributed by atoms with E-state index >= 15 is 0 Å². The Morgan fingerprint density at radius 2 is 1.95 bits per heavy atom. The zero-order valence-corrected chi connectivity index (χ0v) is 12.6. The zero-order valence-electron chi connectivity index (χ0n) is 12.6. The molecule has 2 rings (SSSR count). The highest BCUT2D eigenvalue weighted by Crippen LogP contribution is 2.15. The number of likely N-dealkylation sites (tertiary alicyclic amines) is 1. The maximum atomic E-state index is 10.9. The van der Waals surface area contributed by atoms with E-state index in [1.165, 1.54) is 19.5 Å². The molecule has 1 aliphatic heterocycles. The molecule has 20 heavy (non-hydrogen) atoms. The van der Waals surface area contributed by atoms with Crippen LogP contribution in [0, 0.1) is 11.8 Å². The van der Waals surface area contributed by atoms with Crippen molar-refractivity contribution in [1.29, 1.82) is 0 Å². The number of carbonyl (C=O) groups is 1. The Morgan fingerprint density at radius 3 is 2.65 bits per heavy atom. The minimum atomic E-state index is 0.639. The van der Waals surface area contributed by atoms with Crippen LogP contribution in [0.2, 0.25) is 0 Å². The van der Waals surface area contributed by atoms with Gasteiger partial charge in [-0.2, -0.15) is 0 Å². The summed E-state index contributed by atoms with van der Waals surface area (Å²) in [6, 6.07) is 7.42. The third kappa shape index (κ3) is 4.34. The van der Waals surface area contributed by atoms with Crippen LogP contribution in [0.3, 0.4) is 0 Å². The van der Waals surface area contributed by atoms with E-state index < -0.39 is 0 Å². The van der Waals surface area contributed by atoms with Crippen molar-refractivity contribution in [1.82, 2.24) is 0 Å². The Kier molecular flexibility index (Phi) is 5.60. The first-order valence-corrected chi connectivity index (χ1v) is 7.69. The third-order valence-electron chi connectivity index (χ3n) is 4.06. The van der Waals surface area contributed by atoms with Gasteiger partial charge in [-0.15, -0.1) is 0 Å². The lowest BCUT2D eigenvalue weighted by atomic mass is 9.92. The number of ether oxygens (including phenoxy) is 1. The van der Waals surface area contributed by atoms with Crippen LogP contribution in [0.5, 0.6) is 5.75 Å². The van der Waals surface area contributed by atoms with Crippen LogP contribution in [0.1, 0.15) is 37.0 Å². The van der Waals surface area contributed by atoms with Crippen LogP contribution in [0.25, 0.3) is 0 Å². The fraction of sp³-hybridized carbons (Fsp3) is 0.588. The second kappa shape index (κ2) is 7.44. The maximum Gasteiger partial charge on any atom is 0.153 e. The van der Waals surface area contributed by atoms with E-state index in [-0.39, 0.29) is 0 Å². The quantitative estimate of drug-likeness (QED) is 0.635. The Hall–Kier alpha value is -1.35. The SMILES string of the molecule is C[C@@H]1C[C@@H](C)C[NH+](CCCOc2ccccc2C=O)C1. The molecule has 0 radical (unpaired) electrons. The molecule has 0 amide bonds. The molecule has 2 atom stereocenters. The van der Waals surface area contributed by atoms with Crippen LogP contribution >= 0.6 is 0 Å². The van der Waals surface area contributed by atoms with Crippen molar-refractivity contribution in [3.63, 3.8) is 0 Å². The molecule has 1 aromatic rings. The van der Waals surface area contributed by atoms with Crippen molar-refractivity contribution < 1.29 is 14.4 Å². The lowest BCUT2D eigenvalue weighted by Gasteiger charge is -2.31. The number of hydrogen-bond donors (Lipinski definition) is 1. The van der Waals surface area contributed by atoms with Gasteiger partial charge in [-0.25, -0.2) is 0 Å². The molecule has 3 nitrogen and oxygen atoms in total. The third-order valence-corrected chi connectivity index (χ3v) is 4.06. The number of carbonyl (C=O) groups excluding carboxylic acids is 1. The molecule has 0 saturated carbocycles. The summed E-state index contributed by atoms with van der Waals surface area (Å²) < 4.78 is 5.73. The number of piperidine rings is 1. The van der Waals surface area contributed by atoms with Crippen molar-refractivity contribution in [2.24, 2.45) is 11.8 Å². The molecule has 1 aromatic carbocycles. The van der Waals surface area contributed by atoms with Crippen LogP contribution in [-0.2, 0) is 0 Å². The van der Waals surface area contributed by atoms with E-state index in [0.717, 1.165) is 31.1 Å². The lowest BCUT2D eigenvalue weighted by Crippen LogP contribution is -3.14. The predicted molar refractivity (Wildman–Crippen MR) is 80.5 cm³/mol. The number of rotatable bonds is 6. The summed E-state index contributed by atoms with van der Waals surface area (Å²) in [5.74, 6) is 2.38. The molecule has 0 unspecified atom stereocenters. The lowest BCUT2D eigenvalue weighted by molar-refractivity contribution is -0.912. The van der Waals surface area contributed by atoms with Gasteiger partial charge in [-0.1, -0.05) is 26.0 Å². The van der Waals surface area contributed by atoms with Crippen molar-refractivity contribution >= 4 is 6.29 Å². The molecule has 0 aromatic heterocycles. The monoisotopic (exact) mass is 276 g/mol. The van der Waals surface area contributed by atoms with Gasteiger partial charge in [0.25, 0.3) is 0 Å². The van der Waals surface area contributed by atoms with Gasteiger partial charge in [0.2, 0.25) is 0 Å². The van der Waals surface area contributed by atoms with E-state index in [1.54, 1.807) is 11.0 Å². The number of para-hydroxylation sites is 1. The summed E-state index contributed by atoms with van der Waals surface area (Å²) in [6.07, 6.45) is 3.27. The van der Waals surface area contributed by atoms with Gasteiger partial charge in [-0.3, -0.25) is 4.79 Å². The summed E-state index contributed by atoms with van der Waals surface area (Å²) in [4.78, 5) is 12.6. The molecule has 1 saturated heterocycles. The molecule has 0 bridgehead atoms. The second-order valence-corrected chi connectivity index (χ2v) is 6.21. The van der Waals surface area contributed by atoms with Gasteiger partial charge in [0.15, 0.2) is 6.29 Å². The standard InChI is InChI=1S/C17H25NO2/c1-14-10-15(2)12-18(11-14)8-5-9-20-17-7-4-3-6-16(17)13-19/h3-4,6-7,13-15H,5,8-12H2,1-2H3/p+1/t14-,15-/m1/s1. The largest absolute Gasteiger partial charge is 0.493 e. The van der Waals surface area contributed by atoms with Crippen LogP contribution in [0.15, 0.2) is 24.3 Å². The first-order chi connectivity index (χ1) is 9.69. The Morgan fingerprint density at radius 1 is 1.25 bits per heavy atom. The maximum absolute atomic E-state index is 10.9. The zero-order chi connectivity index (χ0) is 14.4. The van der Waals surface area contributed by atoms with Gasteiger partial charge >= 0.3 is 0 Å². The Balaban J connectivity index is 1.72. The van der Waals surface area contributed by atoms with Gasteiger partial charge in [-0.05, 0) is 18.6 Å². The van der Waals surface area contributed by atoms with Crippen LogP contribution in [0.4, 0.5) is 0 Å². The smallest absolute Gasteiger partial charge is 0.153 e. The van der Waals surface area contributed by atoms with E-state index in [0.29, 0.717) is 17.9 Å². The van der Waals surface area contributed by atoms with Crippen LogP contribution < -0.4 is 9.64 Å². The van der Waals surface area contributed by atoms with Crippen molar-refractivity contribution in [3.05, 3.63) is 29.8 Å². The minimum Gasteiger partial charge on any atom is -0.493 e. The van der Waals surface area contributed by atoms with E-state index in [4.69, 9.17) is 4.74 Å². The molecular weight excluding hydrogens is 250 g/mol. The topological polar surface area (TPSA) is 30.7 Å². The minimum absolute atomic E-state index is 0.639. The normalized spacial score (nSPS) is 26.2. The van der Waals surface area contributed by atoms with Gasteiger partial charge in [0.1, 0.15) is 5.75 Å². The molecule has 0 spiro atoms. The average molecular weight is 276 g/mol. The van der Waals surface area contributed by atoms with Gasteiger partial charge in [0, 0.05) is 18.3 Å². The van der Waals surface area contributed by atoms with Crippen molar-refractivity contribution in [2.45, 2.75) is 26.7 Å². The van der Waals surface area contributed by atoms with E-state index in [2.05, 4.69) is 13.8 Å². The number of quaternary nitrogens is 1. The fourth-order valence-corrected chi connectivity index (χ4v) is 3.34. The van der Waals surface area contributed by atoms with E-state index in [1.807, 2.05) is 18.2 Å². The summed E-state index contributed by atoms with van der Waals surface area (Å²) in [5, 5.41) is 0. The first kappa shape index (κ1) is 15.0. The second-order valence-electron chi connectivity index (χ2n) is 6.21. The highest BCUT2D eigenvalue weighted by atomic mass is 16.5. The Bertz CT molecular complexity index is 423. The number of benzene rings is 1. The predicted octanol–water partition coefficient (Wildman–Crippen LogP) is 1.83. The molecule has 3 heteroatoms. The summed E-state index contributed by atoms with van der Waals surface area (Å²) in [6.45, 7) is 9.14. The summed E-state index contributed by atoms with van der Waals surface area (Å²) >= 11 is 0. The Labute approximate surface area is 121 Å². The molecule has 0 aliphatic carbocycles. The highest BCUT2D eigenvalue weighted by molar-refractivity contribution is 5.79. The fourth-order valence-electron chi connectivity index (χ4n) is 3.34.